The third-order valence-corrected chi connectivity index (χ3v) is 3.42. The summed E-state index contributed by atoms with van der Waals surface area (Å²) in [5.41, 5.74) is 0. The molecule has 0 radical (unpaired) electrons. The van der Waals surface area contributed by atoms with E-state index in [2.05, 4.69) is 9.80 Å². The highest BCUT2D eigenvalue weighted by Gasteiger charge is 2.35. The Kier molecular flexibility index (Phi) is 3.72. The minimum Gasteiger partial charge on any atom is -0.385 e. The molecule has 3 heterocycles. The Hall–Kier alpha value is -0.450. The SMILES string of the molecule is COCCCC(=O)C1CN2CCN1CC2. The van der Waals surface area contributed by atoms with Gasteiger partial charge < -0.3 is 4.74 Å². The summed E-state index contributed by atoms with van der Waals surface area (Å²) >= 11 is 0. The Morgan fingerprint density at radius 3 is 2.60 bits per heavy atom. The second-order valence-electron chi connectivity index (χ2n) is 4.42. The maximum atomic E-state index is 11.9. The molecule has 3 rings (SSSR count). The number of rotatable bonds is 5. The fraction of sp³-hybridized carbons (Fsp3) is 0.909. The average Bonchev–Trinajstić information content (AvgIpc) is 2.30. The van der Waals surface area contributed by atoms with Gasteiger partial charge in [-0.1, -0.05) is 0 Å². The van der Waals surface area contributed by atoms with Crippen LogP contribution in [-0.2, 0) is 9.53 Å². The summed E-state index contributed by atoms with van der Waals surface area (Å²) < 4.78 is 4.97. The molecule has 0 amide bonds. The van der Waals surface area contributed by atoms with Gasteiger partial charge in [0.15, 0.2) is 5.78 Å². The topological polar surface area (TPSA) is 32.8 Å². The van der Waals surface area contributed by atoms with Crippen LogP contribution < -0.4 is 0 Å². The second kappa shape index (κ2) is 5.05. The van der Waals surface area contributed by atoms with Crippen molar-refractivity contribution in [3.05, 3.63) is 0 Å². The Morgan fingerprint density at radius 1 is 1.33 bits per heavy atom. The van der Waals surface area contributed by atoms with Gasteiger partial charge in [0.25, 0.3) is 0 Å². The lowest BCUT2D eigenvalue weighted by atomic mass is 10.0. The van der Waals surface area contributed by atoms with Gasteiger partial charge in [-0.2, -0.15) is 0 Å². The fourth-order valence-corrected chi connectivity index (χ4v) is 2.48. The molecule has 4 heteroatoms. The van der Waals surface area contributed by atoms with Crippen LogP contribution in [0, 0.1) is 0 Å². The lowest BCUT2D eigenvalue weighted by Gasteiger charge is -2.46. The van der Waals surface area contributed by atoms with Crippen LogP contribution in [0.4, 0.5) is 0 Å². The zero-order valence-electron chi connectivity index (χ0n) is 9.45. The van der Waals surface area contributed by atoms with Gasteiger partial charge in [0, 0.05) is 52.9 Å². The van der Waals surface area contributed by atoms with Crippen molar-refractivity contribution in [2.75, 3.05) is 46.4 Å². The largest absolute Gasteiger partial charge is 0.385 e. The molecule has 86 valence electrons. The molecule has 3 fully saturated rings. The van der Waals surface area contributed by atoms with Crippen molar-refractivity contribution in [2.24, 2.45) is 0 Å². The Bertz CT molecular complexity index is 225. The molecule has 0 aromatic rings. The van der Waals surface area contributed by atoms with Crippen LogP contribution in [0.5, 0.6) is 0 Å². The molecule has 1 unspecified atom stereocenters. The van der Waals surface area contributed by atoms with E-state index in [4.69, 9.17) is 4.74 Å². The fourth-order valence-electron chi connectivity index (χ4n) is 2.48. The summed E-state index contributed by atoms with van der Waals surface area (Å²) in [6.07, 6.45) is 1.53. The molecule has 0 aromatic carbocycles. The standard InChI is InChI=1S/C11H20N2O2/c1-15-8-2-3-11(14)10-9-12-4-6-13(10)7-5-12/h10H,2-9H2,1H3. The van der Waals surface area contributed by atoms with E-state index in [1.54, 1.807) is 7.11 Å². The van der Waals surface area contributed by atoms with Gasteiger partial charge in [0.1, 0.15) is 0 Å². The van der Waals surface area contributed by atoms with Gasteiger partial charge in [0.2, 0.25) is 0 Å². The van der Waals surface area contributed by atoms with E-state index >= 15 is 0 Å². The number of fused-ring (bicyclic) bond motifs is 3. The second-order valence-corrected chi connectivity index (χ2v) is 4.42. The molecular weight excluding hydrogens is 192 g/mol. The summed E-state index contributed by atoms with van der Waals surface area (Å²) in [4.78, 5) is 16.7. The molecule has 0 saturated carbocycles. The Labute approximate surface area is 91.2 Å². The number of hydrogen-bond donors (Lipinski definition) is 0. The van der Waals surface area contributed by atoms with Gasteiger partial charge in [0.05, 0.1) is 6.04 Å². The third kappa shape index (κ3) is 2.56. The number of Topliss-reactive ketones (excluding diaryl/α,β-unsaturated/α-hetero) is 1. The van der Waals surface area contributed by atoms with E-state index in [0.717, 1.165) is 39.1 Å². The molecule has 1 atom stereocenters. The van der Waals surface area contributed by atoms with Crippen molar-refractivity contribution < 1.29 is 9.53 Å². The minimum atomic E-state index is 0.171. The Balaban J connectivity index is 1.80. The number of piperazine rings is 3. The van der Waals surface area contributed by atoms with Crippen LogP contribution in [0.2, 0.25) is 0 Å². The van der Waals surface area contributed by atoms with Crippen LogP contribution in [-0.4, -0.2) is 68.1 Å². The summed E-state index contributed by atoms with van der Waals surface area (Å²) in [5.74, 6) is 0.399. The Morgan fingerprint density at radius 2 is 2.07 bits per heavy atom. The van der Waals surface area contributed by atoms with Crippen molar-refractivity contribution in [2.45, 2.75) is 18.9 Å². The quantitative estimate of drug-likeness (QED) is 0.600. The van der Waals surface area contributed by atoms with Crippen LogP contribution >= 0.6 is 0 Å². The number of ketones is 1. The average molecular weight is 212 g/mol. The molecule has 0 N–H and O–H groups in total. The molecule has 0 aliphatic carbocycles. The van der Waals surface area contributed by atoms with Crippen LogP contribution in [0.3, 0.4) is 0 Å². The smallest absolute Gasteiger partial charge is 0.151 e. The van der Waals surface area contributed by atoms with E-state index in [-0.39, 0.29) is 6.04 Å². The third-order valence-electron chi connectivity index (χ3n) is 3.42. The van der Waals surface area contributed by atoms with E-state index in [1.165, 1.54) is 0 Å². The van der Waals surface area contributed by atoms with E-state index < -0.39 is 0 Å². The van der Waals surface area contributed by atoms with Gasteiger partial charge in [-0.3, -0.25) is 14.6 Å². The zero-order chi connectivity index (χ0) is 10.7. The first-order valence-electron chi connectivity index (χ1n) is 5.79. The van der Waals surface area contributed by atoms with Crippen molar-refractivity contribution in [1.29, 1.82) is 0 Å². The maximum Gasteiger partial charge on any atom is 0.151 e. The lowest BCUT2D eigenvalue weighted by Crippen LogP contribution is -2.63. The highest BCUT2D eigenvalue weighted by Crippen LogP contribution is 2.17. The number of carbonyl (C=O) groups is 1. The van der Waals surface area contributed by atoms with Crippen molar-refractivity contribution in [3.8, 4) is 0 Å². The number of hydrogen-bond acceptors (Lipinski definition) is 4. The molecule has 3 aliphatic heterocycles. The molecule has 0 spiro atoms. The molecule has 2 bridgehead atoms. The van der Waals surface area contributed by atoms with E-state index in [0.29, 0.717) is 18.8 Å². The van der Waals surface area contributed by atoms with Gasteiger partial charge in [-0.15, -0.1) is 0 Å². The monoisotopic (exact) mass is 212 g/mol. The van der Waals surface area contributed by atoms with Crippen LogP contribution in [0.1, 0.15) is 12.8 Å². The number of ether oxygens (including phenoxy) is 1. The summed E-state index contributed by atoms with van der Waals surface area (Å²) in [6.45, 7) is 6.07. The maximum absolute atomic E-state index is 11.9. The molecule has 15 heavy (non-hydrogen) atoms. The highest BCUT2D eigenvalue weighted by atomic mass is 16.5. The molecule has 0 aromatic heterocycles. The molecule has 4 nitrogen and oxygen atoms in total. The van der Waals surface area contributed by atoms with Gasteiger partial charge in [-0.25, -0.2) is 0 Å². The predicted molar refractivity (Wildman–Crippen MR) is 57.9 cm³/mol. The number of carbonyl (C=O) groups excluding carboxylic acids is 1. The first-order chi connectivity index (χ1) is 7.31. The minimum absolute atomic E-state index is 0.171. The summed E-state index contributed by atoms with van der Waals surface area (Å²) in [6, 6.07) is 0.171. The first-order valence-corrected chi connectivity index (χ1v) is 5.79. The predicted octanol–water partition coefficient (Wildman–Crippen LogP) is -0.0181. The zero-order valence-corrected chi connectivity index (χ0v) is 9.45. The molecule has 3 saturated heterocycles. The van der Waals surface area contributed by atoms with Gasteiger partial charge >= 0.3 is 0 Å². The summed E-state index contributed by atoms with van der Waals surface area (Å²) in [5, 5.41) is 0. The lowest BCUT2D eigenvalue weighted by molar-refractivity contribution is -0.129. The van der Waals surface area contributed by atoms with E-state index in [1.807, 2.05) is 0 Å². The van der Waals surface area contributed by atoms with Gasteiger partial charge in [-0.05, 0) is 6.42 Å². The number of methoxy groups -OCH3 is 1. The molecule has 3 aliphatic rings. The first kappa shape index (κ1) is 11.0. The van der Waals surface area contributed by atoms with Crippen molar-refractivity contribution in [1.82, 2.24) is 9.80 Å². The van der Waals surface area contributed by atoms with Crippen LogP contribution in [0.15, 0.2) is 0 Å². The summed E-state index contributed by atoms with van der Waals surface area (Å²) in [7, 11) is 1.68. The molecular formula is C11H20N2O2. The van der Waals surface area contributed by atoms with Crippen molar-refractivity contribution in [3.63, 3.8) is 0 Å². The normalized spacial score (nSPS) is 34.3. The number of nitrogens with zero attached hydrogens (tertiary/aromatic N) is 2. The van der Waals surface area contributed by atoms with Crippen LogP contribution in [0.25, 0.3) is 0 Å². The van der Waals surface area contributed by atoms with E-state index in [9.17, 15) is 4.79 Å². The van der Waals surface area contributed by atoms with Crippen molar-refractivity contribution >= 4 is 5.78 Å². The highest BCUT2D eigenvalue weighted by molar-refractivity contribution is 5.84.